The van der Waals surface area contributed by atoms with Gasteiger partial charge in [0.1, 0.15) is 5.82 Å². The van der Waals surface area contributed by atoms with E-state index in [4.69, 9.17) is 4.74 Å². The van der Waals surface area contributed by atoms with E-state index in [1.54, 1.807) is 25.1 Å². The predicted octanol–water partition coefficient (Wildman–Crippen LogP) is 6.07. The summed E-state index contributed by atoms with van der Waals surface area (Å²) in [4.78, 5) is 26.0. The van der Waals surface area contributed by atoms with E-state index < -0.39 is 0 Å². The lowest BCUT2D eigenvalue weighted by Gasteiger charge is -2.21. The zero-order valence-electron chi connectivity index (χ0n) is 20.3. The molecule has 35 heavy (non-hydrogen) atoms. The summed E-state index contributed by atoms with van der Waals surface area (Å²) in [6.45, 7) is 6.48. The van der Waals surface area contributed by atoms with E-state index >= 15 is 0 Å². The van der Waals surface area contributed by atoms with Crippen molar-refractivity contribution in [2.75, 3.05) is 6.61 Å². The van der Waals surface area contributed by atoms with Gasteiger partial charge in [-0.2, -0.15) is 0 Å². The summed E-state index contributed by atoms with van der Waals surface area (Å²) in [5.41, 5.74) is 5.81. The average molecular weight is 472 g/mol. The molecular formula is C30H30FNO3. The molecule has 3 aromatic rings. The van der Waals surface area contributed by atoms with E-state index in [2.05, 4.69) is 31.3 Å². The fraction of sp³-hybridized carbons (Fsp3) is 0.267. The second-order valence-electron chi connectivity index (χ2n) is 9.06. The van der Waals surface area contributed by atoms with Crippen molar-refractivity contribution >= 4 is 17.4 Å². The first-order chi connectivity index (χ1) is 16.9. The minimum absolute atomic E-state index is 0.0447. The van der Waals surface area contributed by atoms with Gasteiger partial charge in [0.2, 0.25) is 0 Å². The number of hydrogen-bond donors (Lipinski definition) is 1. The van der Waals surface area contributed by atoms with Crippen LogP contribution in [0.2, 0.25) is 0 Å². The Kier molecular flexibility index (Phi) is 7.45. The monoisotopic (exact) mass is 471 g/mol. The lowest BCUT2D eigenvalue weighted by molar-refractivity contribution is -0.115. The molecule has 3 aromatic carbocycles. The summed E-state index contributed by atoms with van der Waals surface area (Å²) >= 11 is 0. The smallest absolute Gasteiger partial charge is 0.338 e. The third kappa shape index (κ3) is 5.35. The molecule has 0 fully saturated rings. The minimum Gasteiger partial charge on any atom is -0.462 e. The number of carbonyl (C=O) groups excluding carboxylic acids is 2. The molecule has 0 spiro atoms. The Morgan fingerprint density at radius 2 is 1.71 bits per heavy atom. The number of benzene rings is 3. The van der Waals surface area contributed by atoms with E-state index in [0.29, 0.717) is 29.7 Å². The van der Waals surface area contributed by atoms with Crippen LogP contribution in [0.4, 0.5) is 4.39 Å². The molecule has 1 amide bonds. The highest BCUT2D eigenvalue weighted by Gasteiger charge is 2.36. The van der Waals surface area contributed by atoms with Gasteiger partial charge in [-0.3, -0.25) is 4.79 Å². The summed E-state index contributed by atoms with van der Waals surface area (Å²) in [6.07, 6.45) is 0.717. The maximum Gasteiger partial charge on any atom is 0.338 e. The minimum atomic E-state index is -0.371. The van der Waals surface area contributed by atoms with Crippen LogP contribution in [0, 0.1) is 11.7 Å². The molecule has 0 saturated heterocycles. The molecule has 1 N–H and O–H groups in total. The molecular weight excluding hydrogens is 441 g/mol. The first-order valence-corrected chi connectivity index (χ1v) is 12.0. The van der Waals surface area contributed by atoms with Crippen LogP contribution in [0.25, 0.3) is 5.57 Å². The van der Waals surface area contributed by atoms with Gasteiger partial charge in [0.15, 0.2) is 0 Å². The fourth-order valence-electron chi connectivity index (χ4n) is 4.85. The van der Waals surface area contributed by atoms with Gasteiger partial charge in [-0.1, -0.05) is 62.4 Å². The van der Waals surface area contributed by atoms with Gasteiger partial charge in [-0.15, -0.1) is 0 Å². The molecule has 1 aliphatic rings. The lowest BCUT2D eigenvalue weighted by Crippen LogP contribution is -2.24. The third-order valence-corrected chi connectivity index (χ3v) is 6.35. The Labute approximate surface area is 205 Å². The van der Waals surface area contributed by atoms with Crippen molar-refractivity contribution < 1.29 is 18.7 Å². The number of esters is 1. The third-order valence-electron chi connectivity index (χ3n) is 6.35. The number of allylic oxidation sites excluding steroid dienone is 1. The van der Waals surface area contributed by atoms with Gasteiger partial charge in [-0.05, 0) is 71.4 Å². The van der Waals surface area contributed by atoms with Crippen LogP contribution in [0.3, 0.4) is 0 Å². The molecule has 1 atom stereocenters. The van der Waals surface area contributed by atoms with E-state index in [-0.39, 0.29) is 36.1 Å². The van der Waals surface area contributed by atoms with E-state index in [0.717, 1.165) is 22.3 Å². The first-order valence-electron chi connectivity index (χ1n) is 12.0. The maximum atomic E-state index is 13.6. The molecule has 1 aliphatic carbocycles. The van der Waals surface area contributed by atoms with Gasteiger partial charge >= 0.3 is 5.97 Å². The largest absolute Gasteiger partial charge is 0.462 e. The van der Waals surface area contributed by atoms with Gasteiger partial charge in [0.05, 0.1) is 12.2 Å². The molecule has 0 bridgehead atoms. The van der Waals surface area contributed by atoms with Crippen LogP contribution in [-0.2, 0) is 22.5 Å². The van der Waals surface area contributed by atoms with Crippen LogP contribution < -0.4 is 5.32 Å². The lowest BCUT2D eigenvalue weighted by atomic mass is 9.83. The predicted molar refractivity (Wildman–Crippen MR) is 135 cm³/mol. The summed E-state index contributed by atoms with van der Waals surface area (Å²) in [6, 6.07) is 21.8. The number of ether oxygens (including phenoxy) is 1. The highest BCUT2D eigenvalue weighted by molar-refractivity contribution is 6.22. The fourth-order valence-corrected chi connectivity index (χ4v) is 4.85. The number of rotatable bonds is 8. The number of carbonyl (C=O) groups is 2. The number of hydrogen-bond acceptors (Lipinski definition) is 3. The summed E-state index contributed by atoms with van der Waals surface area (Å²) in [5, 5.41) is 2.98. The molecule has 0 aliphatic heterocycles. The van der Waals surface area contributed by atoms with Crippen molar-refractivity contribution in [3.05, 3.63) is 112 Å². The van der Waals surface area contributed by atoms with Crippen molar-refractivity contribution in [2.45, 2.75) is 39.7 Å². The van der Waals surface area contributed by atoms with Gasteiger partial charge in [0, 0.05) is 18.0 Å². The number of fused-ring (bicyclic) bond motifs is 1. The molecule has 5 heteroatoms. The molecule has 4 rings (SSSR count). The van der Waals surface area contributed by atoms with E-state index in [1.807, 2.05) is 30.3 Å². The molecule has 0 saturated carbocycles. The molecule has 0 unspecified atom stereocenters. The molecule has 0 radical (unpaired) electrons. The Morgan fingerprint density at radius 1 is 0.971 bits per heavy atom. The summed E-state index contributed by atoms with van der Waals surface area (Å²) in [5.74, 6) is -0.837. The highest BCUT2D eigenvalue weighted by Crippen LogP contribution is 2.47. The second-order valence-corrected chi connectivity index (χ2v) is 9.06. The van der Waals surface area contributed by atoms with Crippen LogP contribution in [0.5, 0.6) is 0 Å². The number of nitrogens with one attached hydrogen (secondary N) is 1. The number of amides is 1. The normalized spacial score (nSPS) is 14.7. The molecule has 180 valence electrons. The van der Waals surface area contributed by atoms with Gasteiger partial charge in [0.25, 0.3) is 5.91 Å². The summed E-state index contributed by atoms with van der Waals surface area (Å²) < 4.78 is 18.8. The Hall–Kier alpha value is -3.73. The standard InChI is InChI=1S/C30H30FNO3/c1-4-35-30(34)22-13-14-24-25(17-22)26(16-20-9-6-5-7-10-20)27(19(2)3)28(24)29(33)32-18-21-11-8-12-23(31)15-21/h5-15,17,19,26H,4,16,18H2,1-3H3,(H,32,33)/t26-/m0/s1. The Morgan fingerprint density at radius 3 is 2.40 bits per heavy atom. The quantitative estimate of drug-likeness (QED) is 0.406. The molecule has 0 aromatic heterocycles. The van der Waals surface area contributed by atoms with Crippen molar-refractivity contribution in [3.8, 4) is 0 Å². The van der Waals surface area contributed by atoms with Crippen molar-refractivity contribution in [1.82, 2.24) is 5.32 Å². The van der Waals surface area contributed by atoms with Crippen molar-refractivity contribution in [3.63, 3.8) is 0 Å². The molecule has 0 heterocycles. The van der Waals surface area contributed by atoms with Crippen LogP contribution in [-0.4, -0.2) is 18.5 Å². The highest BCUT2D eigenvalue weighted by atomic mass is 19.1. The van der Waals surface area contributed by atoms with Crippen LogP contribution >= 0.6 is 0 Å². The second kappa shape index (κ2) is 10.7. The maximum absolute atomic E-state index is 13.6. The van der Waals surface area contributed by atoms with Crippen molar-refractivity contribution in [1.29, 1.82) is 0 Å². The Balaban J connectivity index is 1.74. The van der Waals surface area contributed by atoms with Gasteiger partial charge in [-0.25, -0.2) is 9.18 Å². The van der Waals surface area contributed by atoms with Crippen LogP contribution in [0.1, 0.15) is 59.3 Å². The Bertz CT molecular complexity index is 1260. The zero-order valence-corrected chi connectivity index (χ0v) is 20.3. The molecule has 4 nitrogen and oxygen atoms in total. The van der Waals surface area contributed by atoms with Crippen LogP contribution in [0.15, 0.2) is 78.4 Å². The average Bonchev–Trinajstić information content (AvgIpc) is 3.17. The van der Waals surface area contributed by atoms with Crippen molar-refractivity contribution in [2.24, 2.45) is 5.92 Å². The number of halogens is 1. The van der Waals surface area contributed by atoms with E-state index in [9.17, 15) is 14.0 Å². The SMILES string of the molecule is CCOC(=O)c1ccc2c(c1)[C@H](Cc1ccccc1)C(C(C)C)=C2C(=O)NCc1cccc(F)c1. The topological polar surface area (TPSA) is 55.4 Å². The summed E-state index contributed by atoms with van der Waals surface area (Å²) in [7, 11) is 0. The first kappa shape index (κ1) is 24.4. The zero-order chi connectivity index (χ0) is 24.9. The van der Waals surface area contributed by atoms with E-state index in [1.165, 1.54) is 12.1 Å². The van der Waals surface area contributed by atoms with Gasteiger partial charge < -0.3 is 10.1 Å².